The van der Waals surface area contributed by atoms with Crippen molar-refractivity contribution >= 4 is 11.6 Å². The molecule has 0 bridgehead atoms. The van der Waals surface area contributed by atoms with Gasteiger partial charge in [-0.25, -0.2) is 4.68 Å². The van der Waals surface area contributed by atoms with Crippen LogP contribution in [0.1, 0.15) is 16.8 Å². The van der Waals surface area contributed by atoms with E-state index in [9.17, 15) is 5.11 Å². The fourth-order valence-electron chi connectivity index (χ4n) is 3.08. The Morgan fingerprint density at radius 3 is 2.48 bits per heavy atom. The molecule has 0 unspecified atom stereocenters. The number of likely N-dealkylation sites (N-methyl/N-ethyl adjacent to an activating group) is 1. The molecule has 6 nitrogen and oxygen atoms in total. The first-order valence-corrected chi connectivity index (χ1v) is 9.84. The summed E-state index contributed by atoms with van der Waals surface area (Å²) in [5, 5.41) is 23.5. The predicted octanol–water partition coefficient (Wildman–Crippen LogP) is 3.20. The van der Waals surface area contributed by atoms with Crippen LogP contribution in [-0.4, -0.2) is 51.2 Å². The minimum absolute atomic E-state index is 0.236. The lowest BCUT2D eigenvalue weighted by molar-refractivity contribution is 0.0648. The summed E-state index contributed by atoms with van der Waals surface area (Å²) in [5.74, 6) is 0.745. The van der Waals surface area contributed by atoms with Crippen molar-refractivity contribution in [2.45, 2.75) is 26.2 Å². The molecule has 0 fully saturated rings. The first-order valence-electron chi connectivity index (χ1n) is 9.46. The summed E-state index contributed by atoms with van der Waals surface area (Å²) in [5.41, 5.74) is 3.69. The lowest BCUT2D eigenvalue weighted by atomic mass is 10.2. The number of aryl methyl sites for hydroxylation is 1. The predicted molar refractivity (Wildman–Crippen MR) is 114 cm³/mol. The second-order valence-electron chi connectivity index (χ2n) is 7.07. The average molecular weight is 416 g/mol. The number of nitrogens with zero attached hydrogens (tertiary/aromatic N) is 3. The highest BCUT2D eigenvalue weighted by atomic mass is 35.5. The molecule has 3 rings (SSSR count). The van der Waals surface area contributed by atoms with Crippen LogP contribution in [0.15, 0.2) is 54.6 Å². The Morgan fingerprint density at radius 2 is 1.83 bits per heavy atom. The number of hydrogen-bond acceptors (Lipinski definition) is 5. The molecule has 0 aliphatic carbocycles. The highest BCUT2D eigenvalue weighted by molar-refractivity contribution is 6.30. The smallest absolute Gasteiger partial charge is 0.139 e. The van der Waals surface area contributed by atoms with Gasteiger partial charge in [0, 0.05) is 18.7 Å². The van der Waals surface area contributed by atoms with Crippen LogP contribution in [0, 0.1) is 6.92 Å². The van der Waals surface area contributed by atoms with E-state index in [1.54, 1.807) is 4.68 Å². The van der Waals surface area contributed by atoms with Crippen LogP contribution < -0.4 is 4.74 Å². The van der Waals surface area contributed by atoms with Gasteiger partial charge in [-0.05, 0) is 43.8 Å². The van der Waals surface area contributed by atoms with E-state index in [-0.39, 0.29) is 6.61 Å². The molecule has 0 saturated carbocycles. The number of aliphatic hydroxyl groups excluding tert-OH is 2. The summed E-state index contributed by atoms with van der Waals surface area (Å²) in [6.45, 7) is 3.10. The zero-order valence-corrected chi connectivity index (χ0v) is 17.4. The van der Waals surface area contributed by atoms with Crippen LogP contribution in [0.2, 0.25) is 5.15 Å². The lowest BCUT2D eigenvalue weighted by Crippen LogP contribution is -2.30. The normalized spacial score (nSPS) is 12.3. The van der Waals surface area contributed by atoms with Crippen molar-refractivity contribution in [2.75, 3.05) is 20.2 Å². The Morgan fingerprint density at radius 1 is 1.14 bits per heavy atom. The van der Waals surface area contributed by atoms with Gasteiger partial charge in [0.2, 0.25) is 0 Å². The van der Waals surface area contributed by atoms with Gasteiger partial charge in [0.25, 0.3) is 0 Å². The Labute approximate surface area is 175 Å². The van der Waals surface area contributed by atoms with E-state index in [1.165, 1.54) is 0 Å². The molecular formula is C22H26ClN3O3. The van der Waals surface area contributed by atoms with E-state index in [4.69, 9.17) is 21.4 Å². The zero-order valence-electron chi connectivity index (χ0n) is 16.6. The maximum absolute atomic E-state index is 9.52. The second-order valence-corrected chi connectivity index (χ2v) is 7.43. The number of aliphatic hydroxyl groups is 2. The summed E-state index contributed by atoms with van der Waals surface area (Å²) in [6, 6.07) is 17.6. The summed E-state index contributed by atoms with van der Waals surface area (Å²) < 4.78 is 7.64. The van der Waals surface area contributed by atoms with Crippen molar-refractivity contribution in [1.82, 2.24) is 14.7 Å². The van der Waals surface area contributed by atoms with Crippen molar-refractivity contribution in [3.05, 3.63) is 76.6 Å². The van der Waals surface area contributed by atoms with E-state index in [2.05, 4.69) is 5.10 Å². The van der Waals surface area contributed by atoms with Gasteiger partial charge in [-0.3, -0.25) is 4.90 Å². The highest BCUT2D eigenvalue weighted by Crippen LogP contribution is 2.25. The standard InChI is InChI=1S/C22H26ClN3O3/c1-16-21(22(23)26(24-16)18-6-4-3-5-7-18)15-29-20-10-8-17(9-11-20)12-25(2)13-19(28)14-27/h3-11,19,27-28H,12-15H2,1-2H3/t19-/m1/s1. The van der Waals surface area contributed by atoms with Gasteiger partial charge in [-0.1, -0.05) is 41.9 Å². The summed E-state index contributed by atoms with van der Waals surface area (Å²) in [7, 11) is 1.90. The Balaban J connectivity index is 1.61. The van der Waals surface area contributed by atoms with Crippen molar-refractivity contribution in [3.63, 3.8) is 0 Å². The zero-order chi connectivity index (χ0) is 20.8. The fraction of sp³-hybridized carbons (Fsp3) is 0.318. The van der Waals surface area contributed by atoms with Crippen LogP contribution in [0.3, 0.4) is 0 Å². The van der Waals surface area contributed by atoms with Crippen molar-refractivity contribution in [1.29, 1.82) is 0 Å². The Kier molecular flexibility index (Phi) is 7.28. The van der Waals surface area contributed by atoms with Gasteiger partial charge >= 0.3 is 0 Å². The minimum Gasteiger partial charge on any atom is -0.489 e. The quantitative estimate of drug-likeness (QED) is 0.561. The van der Waals surface area contributed by atoms with Gasteiger partial charge in [0.15, 0.2) is 0 Å². The molecule has 1 heterocycles. The number of halogens is 1. The van der Waals surface area contributed by atoms with Gasteiger partial charge in [0.05, 0.1) is 24.1 Å². The van der Waals surface area contributed by atoms with E-state index in [0.29, 0.717) is 24.8 Å². The van der Waals surface area contributed by atoms with Gasteiger partial charge in [0.1, 0.15) is 17.5 Å². The van der Waals surface area contributed by atoms with Gasteiger partial charge < -0.3 is 14.9 Å². The van der Waals surface area contributed by atoms with Crippen LogP contribution in [0.5, 0.6) is 5.75 Å². The monoisotopic (exact) mass is 415 g/mol. The van der Waals surface area contributed by atoms with Crippen LogP contribution >= 0.6 is 11.6 Å². The van der Waals surface area contributed by atoms with Crippen LogP contribution in [0.25, 0.3) is 5.69 Å². The van der Waals surface area contributed by atoms with E-state index >= 15 is 0 Å². The number of benzene rings is 2. The van der Waals surface area contributed by atoms with E-state index in [0.717, 1.165) is 28.3 Å². The molecule has 0 saturated heterocycles. The molecule has 0 amide bonds. The number of ether oxygens (including phenoxy) is 1. The molecule has 2 N–H and O–H groups in total. The Hall–Kier alpha value is -2.38. The molecule has 0 aliphatic heterocycles. The maximum atomic E-state index is 9.52. The van der Waals surface area contributed by atoms with Crippen molar-refractivity contribution < 1.29 is 14.9 Å². The fourth-order valence-corrected chi connectivity index (χ4v) is 3.40. The van der Waals surface area contributed by atoms with Crippen molar-refractivity contribution in [3.8, 4) is 11.4 Å². The SMILES string of the molecule is Cc1nn(-c2ccccc2)c(Cl)c1COc1ccc(CN(C)C[C@@H](O)CO)cc1. The number of hydrogen-bond donors (Lipinski definition) is 2. The van der Waals surface area contributed by atoms with Crippen LogP contribution in [0.4, 0.5) is 0 Å². The molecular weight excluding hydrogens is 390 g/mol. The summed E-state index contributed by atoms with van der Waals surface area (Å²) in [6.07, 6.45) is -0.729. The molecule has 1 aromatic heterocycles. The number of aromatic nitrogens is 2. The largest absolute Gasteiger partial charge is 0.489 e. The molecule has 154 valence electrons. The van der Waals surface area contributed by atoms with Gasteiger partial charge in [-0.2, -0.15) is 5.10 Å². The summed E-state index contributed by atoms with van der Waals surface area (Å²) >= 11 is 6.54. The maximum Gasteiger partial charge on any atom is 0.139 e. The second kappa shape index (κ2) is 9.89. The molecule has 0 radical (unpaired) electrons. The average Bonchev–Trinajstić information content (AvgIpc) is 3.01. The third-order valence-corrected chi connectivity index (χ3v) is 5.00. The molecule has 0 spiro atoms. The van der Waals surface area contributed by atoms with E-state index < -0.39 is 6.10 Å². The molecule has 7 heteroatoms. The molecule has 0 aliphatic rings. The Bertz CT molecular complexity index is 913. The topological polar surface area (TPSA) is 70.8 Å². The molecule has 29 heavy (non-hydrogen) atoms. The van der Waals surface area contributed by atoms with Gasteiger partial charge in [-0.15, -0.1) is 0 Å². The lowest BCUT2D eigenvalue weighted by Gasteiger charge is -2.19. The first-order chi connectivity index (χ1) is 14.0. The molecule has 1 atom stereocenters. The highest BCUT2D eigenvalue weighted by Gasteiger charge is 2.15. The number of para-hydroxylation sites is 1. The third kappa shape index (κ3) is 5.58. The molecule has 3 aromatic rings. The minimum atomic E-state index is -0.729. The third-order valence-electron chi connectivity index (χ3n) is 4.61. The van der Waals surface area contributed by atoms with Crippen LogP contribution in [-0.2, 0) is 13.2 Å². The first kappa shape index (κ1) is 21.3. The summed E-state index contributed by atoms with van der Waals surface area (Å²) in [4.78, 5) is 1.96. The molecule has 2 aromatic carbocycles. The van der Waals surface area contributed by atoms with Crippen molar-refractivity contribution in [2.24, 2.45) is 0 Å². The number of rotatable bonds is 9. The van der Waals surface area contributed by atoms with E-state index in [1.807, 2.05) is 73.5 Å².